The van der Waals surface area contributed by atoms with E-state index in [0.29, 0.717) is 0 Å². The summed E-state index contributed by atoms with van der Waals surface area (Å²) in [6.45, 7) is 13.4. The Balaban J connectivity index is 3.09. The second-order valence-corrected chi connectivity index (χ2v) is 5.76. The molecule has 1 saturated heterocycles. The van der Waals surface area contributed by atoms with Gasteiger partial charge in [0, 0.05) is 12.6 Å². The van der Waals surface area contributed by atoms with Gasteiger partial charge in [-0.15, -0.1) is 0 Å². The Labute approximate surface area is 146 Å². The maximum atomic E-state index is 13.0. The number of carbonyl (C=O) groups excluding carboxylic acids is 1. The molecule has 1 rings (SSSR count). The Morgan fingerprint density at radius 1 is 1.25 bits per heavy atom. The Morgan fingerprint density at radius 2 is 2.04 bits per heavy atom. The molecule has 0 saturated carbocycles. The quantitative estimate of drug-likeness (QED) is 0.665. The van der Waals surface area contributed by atoms with Crippen LogP contribution < -0.4 is 10.6 Å². The first-order valence-corrected chi connectivity index (χ1v) is 8.59. The summed E-state index contributed by atoms with van der Waals surface area (Å²) in [7, 11) is 0. The summed E-state index contributed by atoms with van der Waals surface area (Å²) in [6.07, 6.45) is 17.2. The van der Waals surface area contributed by atoms with Gasteiger partial charge in [0.05, 0.1) is 5.92 Å². The van der Waals surface area contributed by atoms with Crippen molar-refractivity contribution in [3.8, 4) is 0 Å². The van der Waals surface area contributed by atoms with E-state index in [1.54, 1.807) is 12.2 Å². The van der Waals surface area contributed by atoms with Gasteiger partial charge >= 0.3 is 0 Å². The fourth-order valence-electron chi connectivity index (χ4n) is 2.78. The van der Waals surface area contributed by atoms with E-state index in [-0.39, 0.29) is 17.9 Å². The maximum absolute atomic E-state index is 13.0. The standard InChI is InChI=1S/C21H30N2O/c1-5-9-12-17(7-3)20(18(8-4)13-10-6-2)21(24)23-19-14-11-15-22-16-19/h5-10,12-13,19-20,22H,1,4,11,14-16H2,2-3H3,(H,23,24)/b10-6-,12-9-,17-7+,18-13+/t19-,20?/m1/s1. The lowest BCUT2D eigenvalue weighted by molar-refractivity contribution is -0.123. The first-order chi connectivity index (χ1) is 11.7. The first kappa shape index (κ1) is 19.9. The highest BCUT2D eigenvalue weighted by atomic mass is 16.2. The predicted molar refractivity (Wildman–Crippen MR) is 104 cm³/mol. The van der Waals surface area contributed by atoms with E-state index in [1.807, 2.05) is 50.3 Å². The van der Waals surface area contributed by atoms with Gasteiger partial charge in [-0.1, -0.05) is 61.8 Å². The van der Waals surface area contributed by atoms with Gasteiger partial charge in [0.2, 0.25) is 5.91 Å². The molecule has 0 aromatic carbocycles. The Bertz CT molecular complexity index is 546. The van der Waals surface area contributed by atoms with Crippen LogP contribution in [0, 0.1) is 5.92 Å². The van der Waals surface area contributed by atoms with Crippen LogP contribution in [0.3, 0.4) is 0 Å². The molecule has 1 aliphatic rings. The number of allylic oxidation sites excluding steroid dienone is 8. The largest absolute Gasteiger partial charge is 0.351 e. The molecule has 0 aliphatic carbocycles. The number of hydrogen-bond donors (Lipinski definition) is 2. The molecular formula is C21H30N2O. The van der Waals surface area contributed by atoms with E-state index < -0.39 is 0 Å². The molecule has 0 aromatic heterocycles. The van der Waals surface area contributed by atoms with Crippen molar-refractivity contribution in [1.29, 1.82) is 0 Å². The fourth-order valence-corrected chi connectivity index (χ4v) is 2.78. The van der Waals surface area contributed by atoms with E-state index in [9.17, 15) is 4.79 Å². The van der Waals surface area contributed by atoms with Crippen LogP contribution in [-0.2, 0) is 4.79 Å². The number of piperidine rings is 1. The summed E-state index contributed by atoms with van der Waals surface area (Å²) in [5.74, 6) is -0.358. The Hall–Kier alpha value is -2.13. The lowest BCUT2D eigenvalue weighted by Gasteiger charge is -2.27. The third kappa shape index (κ3) is 6.17. The molecule has 1 unspecified atom stereocenters. The number of rotatable bonds is 8. The van der Waals surface area contributed by atoms with Crippen molar-refractivity contribution in [1.82, 2.24) is 10.6 Å². The van der Waals surface area contributed by atoms with Crippen molar-refractivity contribution in [2.75, 3.05) is 13.1 Å². The van der Waals surface area contributed by atoms with E-state index in [1.165, 1.54) is 0 Å². The third-order valence-corrected chi connectivity index (χ3v) is 4.05. The molecule has 1 aliphatic heterocycles. The molecule has 1 amide bonds. The molecule has 0 bridgehead atoms. The number of nitrogens with one attached hydrogen (secondary N) is 2. The molecule has 3 nitrogen and oxygen atoms in total. The van der Waals surface area contributed by atoms with Crippen LogP contribution in [0.5, 0.6) is 0 Å². The van der Waals surface area contributed by atoms with Crippen LogP contribution in [-0.4, -0.2) is 25.0 Å². The molecule has 2 atom stereocenters. The van der Waals surface area contributed by atoms with Crippen molar-refractivity contribution >= 4 is 5.91 Å². The van der Waals surface area contributed by atoms with Crippen LogP contribution in [0.4, 0.5) is 0 Å². The normalized spacial score (nSPS) is 21.0. The smallest absolute Gasteiger partial charge is 0.232 e. The van der Waals surface area contributed by atoms with E-state index >= 15 is 0 Å². The lowest BCUT2D eigenvalue weighted by Crippen LogP contribution is -2.47. The Morgan fingerprint density at radius 3 is 2.58 bits per heavy atom. The summed E-state index contributed by atoms with van der Waals surface area (Å²) >= 11 is 0. The van der Waals surface area contributed by atoms with Gasteiger partial charge < -0.3 is 10.6 Å². The van der Waals surface area contributed by atoms with Gasteiger partial charge in [-0.05, 0) is 44.4 Å². The van der Waals surface area contributed by atoms with Crippen LogP contribution >= 0.6 is 0 Å². The molecular weight excluding hydrogens is 296 g/mol. The van der Waals surface area contributed by atoms with E-state index in [4.69, 9.17) is 0 Å². The summed E-state index contributed by atoms with van der Waals surface area (Å²) in [5, 5.41) is 6.52. The third-order valence-electron chi connectivity index (χ3n) is 4.05. The summed E-state index contributed by atoms with van der Waals surface area (Å²) < 4.78 is 0. The lowest BCUT2D eigenvalue weighted by atomic mass is 9.88. The average Bonchev–Trinajstić information content (AvgIpc) is 2.61. The second-order valence-electron chi connectivity index (χ2n) is 5.76. The SMILES string of the molecule is C=C/C=C\C(=C/C)C(C(=O)N[C@@H]1CCCNC1)/C(C=C)=C/C=C\C. The highest BCUT2D eigenvalue weighted by molar-refractivity contribution is 5.86. The molecule has 1 heterocycles. The van der Waals surface area contributed by atoms with E-state index in [0.717, 1.165) is 37.1 Å². The highest BCUT2D eigenvalue weighted by Gasteiger charge is 2.26. The van der Waals surface area contributed by atoms with Gasteiger partial charge in [0.15, 0.2) is 0 Å². The minimum Gasteiger partial charge on any atom is -0.351 e. The van der Waals surface area contributed by atoms with Crippen LogP contribution in [0.1, 0.15) is 26.7 Å². The molecule has 2 N–H and O–H groups in total. The van der Waals surface area contributed by atoms with Gasteiger partial charge in [-0.2, -0.15) is 0 Å². The van der Waals surface area contributed by atoms with Gasteiger partial charge in [-0.25, -0.2) is 0 Å². The fraction of sp³-hybridized carbons (Fsp3) is 0.381. The zero-order valence-electron chi connectivity index (χ0n) is 14.9. The van der Waals surface area contributed by atoms with Gasteiger partial charge in [0.25, 0.3) is 0 Å². The maximum Gasteiger partial charge on any atom is 0.232 e. The number of hydrogen-bond acceptors (Lipinski definition) is 2. The van der Waals surface area contributed by atoms with Crippen molar-refractivity contribution in [2.24, 2.45) is 5.92 Å². The topological polar surface area (TPSA) is 41.1 Å². The zero-order valence-corrected chi connectivity index (χ0v) is 14.9. The van der Waals surface area contributed by atoms with E-state index in [2.05, 4.69) is 23.8 Å². The number of carbonyl (C=O) groups is 1. The van der Waals surface area contributed by atoms with Gasteiger partial charge in [-0.3, -0.25) is 4.79 Å². The summed E-state index contributed by atoms with van der Waals surface area (Å²) in [4.78, 5) is 13.0. The van der Waals surface area contributed by atoms with Crippen molar-refractivity contribution < 1.29 is 4.79 Å². The minimum atomic E-state index is -0.373. The van der Waals surface area contributed by atoms with Crippen molar-refractivity contribution in [3.05, 3.63) is 72.9 Å². The monoisotopic (exact) mass is 326 g/mol. The molecule has 24 heavy (non-hydrogen) atoms. The molecule has 0 spiro atoms. The predicted octanol–water partition coefficient (Wildman–Crippen LogP) is 3.85. The Kier molecular flexibility index (Phi) is 9.47. The molecule has 130 valence electrons. The minimum absolute atomic E-state index is 0.0150. The van der Waals surface area contributed by atoms with Crippen molar-refractivity contribution in [3.63, 3.8) is 0 Å². The zero-order chi connectivity index (χ0) is 17.8. The molecule has 1 fully saturated rings. The summed E-state index contributed by atoms with van der Waals surface area (Å²) in [6, 6.07) is 0.183. The molecule has 3 heteroatoms. The summed E-state index contributed by atoms with van der Waals surface area (Å²) in [5.41, 5.74) is 1.82. The molecule has 0 aromatic rings. The second kappa shape index (κ2) is 11.4. The van der Waals surface area contributed by atoms with Crippen molar-refractivity contribution in [2.45, 2.75) is 32.7 Å². The number of amides is 1. The van der Waals surface area contributed by atoms with Gasteiger partial charge in [0.1, 0.15) is 0 Å². The first-order valence-electron chi connectivity index (χ1n) is 8.59. The van der Waals surface area contributed by atoms with Crippen LogP contribution in [0.25, 0.3) is 0 Å². The van der Waals surface area contributed by atoms with Crippen LogP contribution in [0.2, 0.25) is 0 Å². The van der Waals surface area contributed by atoms with Crippen LogP contribution in [0.15, 0.2) is 72.9 Å². The average molecular weight is 326 g/mol. The highest BCUT2D eigenvalue weighted by Crippen LogP contribution is 2.24. The molecule has 0 radical (unpaired) electrons.